The first-order chi connectivity index (χ1) is 11.3. The van der Waals surface area contributed by atoms with Crippen molar-refractivity contribution in [1.82, 2.24) is 10.1 Å². The van der Waals surface area contributed by atoms with Crippen LogP contribution < -0.4 is 26.4 Å². The van der Waals surface area contributed by atoms with Crippen molar-refractivity contribution in [2.75, 3.05) is 13.1 Å². The Labute approximate surface area is 140 Å². The minimum absolute atomic E-state index is 0.796. The number of unbranched alkanes of at least 4 members (excludes halogenated alkanes) is 6. The quantitative estimate of drug-likeness (QED) is 0.515. The van der Waals surface area contributed by atoms with Gasteiger partial charge < -0.3 is 5.73 Å². The molecule has 128 valence electrons. The summed E-state index contributed by atoms with van der Waals surface area (Å²) < 4.78 is 0.796. The van der Waals surface area contributed by atoms with Crippen LogP contribution >= 0.6 is 0 Å². The van der Waals surface area contributed by atoms with Gasteiger partial charge in [-0.25, -0.2) is 0 Å². The molecule has 4 heteroatoms. The van der Waals surface area contributed by atoms with E-state index in [1.54, 1.807) is 6.20 Å². The lowest BCUT2D eigenvalue weighted by molar-refractivity contribution is 0.197. The molecule has 1 heterocycles. The summed E-state index contributed by atoms with van der Waals surface area (Å²) in [5.74, 6) is 0. The van der Waals surface area contributed by atoms with E-state index in [0.29, 0.717) is 0 Å². The number of rotatable bonds is 10. The van der Waals surface area contributed by atoms with E-state index in [4.69, 9.17) is 5.73 Å². The van der Waals surface area contributed by atoms with E-state index in [9.17, 15) is 0 Å². The van der Waals surface area contributed by atoms with Gasteiger partial charge in [0.15, 0.2) is 11.0 Å². The second kappa shape index (κ2) is 8.92. The molecule has 0 fully saturated rings. The Bertz CT molecular complexity index is 582. The summed E-state index contributed by atoms with van der Waals surface area (Å²) in [5, 5.41) is 6.69. The second-order valence-corrected chi connectivity index (χ2v) is 6.63. The van der Waals surface area contributed by atoms with Crippen molar-refractivity contribution >= 4 is 11.9 Å². The van der Waals surface area contributed by atoms with Crippen LogP contribution in [0.15, 0.2) is 23.3 Å². The molecule has 0 unspecified atom stereocenters. The van der Waals surface area contributed by atoms with Crippen LogP contribution in [-0.4, -0.2) is 13.1 Å². The highest BCUT2D eigenvalue weighted by atomic mass is 15.8. The topological polar surface area (TPSA) is 50.4 Å². The molecule has 23 heavy (non-hydrogen) atoms. The summed E-state index contributed by atoms with van der Waals surface area (Å²) in [7, 11) is 0. The fourth-order valence-corrected chi connectivity index (χ4v) is 3.42. The van der Waals surface area contributed by atoms with Gasteiger partial charge in [0.2, 0.25) is 0 Å². The van der Waals surface area contributed by atoms with Crippen LogP contribution in [0.3, 0.4) is 0 Å². The van der Waals surface area contributed by atoms with Crippen LogP contribution in [0.5, 0.6) is 0 Å². The Morgan fingerprint density at radius 1 is 1.00 bits per heavy atom. The predicted octanol–water partition coefficient (Wildman–Crippen LogP) is 2.90. The van der Waals surface area contributed by atoms with Crippen LogP contribution in [0.25, 0.3) is 6.20 Å². The molecular weight excluding hydrogens is 284 g/mol. The highest BCUT2D eigenvalue weighted by molar-refractivity contribution is 5.45. The number of nitrogens with zero attached hydrogens (tertiary/aromatic N) is 2. The second-order valence-electron chi connectivity index (χ2n) is 6.63. The van der Waals surface area contributed by atoms with E-state index in [1.807, 2.05) is 6.07 Å². The minimum atomic E-state index is 0.796. The molecule has 4 nitrogen and oxygen atoms in total. The first-order valence-corrected chi connectivity index (χ1v) is 9.31. The molecule has 0 bridgehead atoms. The van der Waals surface area contributed by atoms with Crippen molar-refractivity contribution in [3.05, 3.63) is 28.8 Å². The van der Waals surface area contributed by atoms with Crippen LogP contribution in [0.1, 0.15) is 65.2 Å². The van der Waals surface area contributed by atoms with Gasteiger partial charge in [-0.15, -0.1) is 10.6 Å². The van der Waals surface area contributed by atoms with E-state index >= 15 is 0 Å². The molecule has 0 amide bonds. The number of hydrogen-bond donors (Lipinski definition) is 2. The first kappa shape index (κ1) is 17.8. The summed E-state index contributed by atoms with van der Waals surface area (Å²) >= 11 is 0. The van der Waals surface area contributed by atoms with Crippen LogP contribution in [0, 0.1) is 0 Å². The predicted molar refractivity (Wildman–Crippen MR) is 98.8 cm³/mol. The first-order valence-electron chi connectivity index (χ1n) is 9.31. The number of benzene rings is 1. The van der Waals surface area contributed by atoms with Crippen molar-refractivity contribution in [3.8, 4) is 0 Å². The lowest BCUT2D eigenvalue weighted by atomic mass is 10.1. The van der Waals surface area contributed by atoms with Crippen LogP contribution in [0.4, 0.5) is 5.69 Å². The molecule has 0 radical (unpaired) electrons. The van der Waals surface area contributed by atoms with Gasteiger partial charge in [-0.3, -0.25) is 0 Å². The molecule has 0 spiro atoms. The molecule has 2 rings (SSSR count). The third-order valence-electron chi connectivity index (χ3n) is 4.83. The van der Waals surface area contributed by atoms with Crippen molar-refractivity contribution in [2.24, 2.45) is 10.8 Å². The highest BCUT2D eigenvalue weighted by Gasteiger charge is 2.35. The summed E-state index contributed by atoms with van der Waals surface area (Å²) in [6.45, 7) is 6.74. The Kier molecular flexibility index (Phi) is 6.90. The van der Waals surface area contributed by atoms with Gasteiger partial charge in [0.25, 0.3) is 0 Å². The zero-order valence-electron chi connectivity index (χ0n) is 14.9. The van der Waals surface area contributed by atoms with Crippen LogP contribution in [0.2, 0.25) is 0 Å². The van der Waals surface area contributed by atoms with E-state index in [2.05, 4.69) is 36.6 Å². The summed E-state index contributed by atoms with van der Waals surface area (Å²) in [6, 6.07) is 6.36. The zero-order valence-corrected chi connectivity index (χ0v) is 14.9. The van der Waals surface area contributed by atoms with Gasteiger partial charge in [-0.2, -0.15) is 4.59 Å². The normalized spacial score (nSPS) is 16.0. The van der Waals surface area contributed by atoms with Crippen molar-refractivity contribution in [3.63, 3.8) is 0 Å². The standard InChI is InChI=1S/C19H33N4/c1-3-5-7-9-14-23(15-10-8-6-4-2)18-13-11-12-17(16-20)19(18)21-22-23/h11-13,16,22H,3-10,14-15,20H2,1-2H3/q+1. The van der Waals surface area contributed by atoms with Gasteiger partial charge in [-0.05, 0) is 25.7 Å². The third-order valence-corrected chi connectivity index (χ3v) is 4.83. The van der Waals surface area contributed by atoms with Crippen molar-refractivity contribution in [1.29, 1.82) is 0 Å². The highest BCUT2D eigenvalue weighted by Crippen LogP contribution is 2.22. The number of fused-ring (bicyclic) bond motifs is 1. The largest absolute Gasteiger partial charge is 0.404 e. The molecule has 3 N–H and O–H groups in total. The number of quaternary nitrogens is 1. The fraction of sp³-hybridized carbons (Fsp3) is 0.632. The molecule has 0 aliphatic carbocycles. The molecule has 0 aromatic heterocycles. The molecule has 1 aliphatic rings. The Balaban J connectivity index is 2.17. The van der Waals surface area contributed by atoms with E-state index in [-0.39, 0.29) is 0 Å². The molecule has 1 aliphatic heterocycles. The molecule has 1 aromatic carbocycles. The van der Waals surface area contributed by atoms with Gasteiger partial charge >= 0.3 is 0 Å². The smallest absolute Gasteiger partial charge is 0.187 e. The SMILES string of the molecule is CCCCCC[N+]1(CCCCCC)NN=c2c1cccc2=CN. The van der Waals surface area contributed by atoms with E-state index in [0.717, 1.165) is 28.3 Å². The number of hydrogen-bond acceptors (Lipinski definition) is 3. The van der Waals surface area contributed by atoms with E-state index < -0.39 is 0 Å². The van der Waals surface area contributed by atoms with E-state index in [1.165, 1.54) is 57.1 Å². The lowest BCUT2D eigenvalue weighted by Gasteiger charge is -2.32. The summed E-state index contributed by atoms with van der Waals surface area (Å²) in [4.78, 5) is 0. The Morgan fingerprint density at radius 2 is 1.65 bits per heavy atom. The maximum Gasteiger partial charge on any atom is 0.187 e. The zero-order chi connectivity index (χ0) is 16.5. The maximum atomic E-state index is 5.77. The van der Waals surface area contributed by atoms with Crippen molar-refractivity contribution < 1.29 is 0 Å². The van der Waals surface area contributed by atoms with Crippen molar-refractivity contribution in [2.45, 2.75) is 65.2 Å². The fourth-order valence-electron chi connectivity index (χ4n) is 3.42. The number of nitrogens with two attached hydrogens (primary N) is 1. The average molecular weight is 318 g/mol. The molecular formula is C19H33N4+. The Hall–Kier alpha value is -1.55. The summed E-state index contributed by atoms with van der Waals surface area (Å²) in [5.41, 5.74) is 10.5. The van der Waals surface area contributed by atoms with Gasteiger partial charge in [0.1, 0.15) is 13.1 Å². The number of para-hydroxylation sites is 1. The van der Waals surface area contributed by atoms with Gasteiger partial charge in [0.05, 0.1) is 0 Å². The summed E-state index contributed by atoms with van der Waals surface area (Å²) in [6.07, 6.45) is 11.9. The van der Waals surface area contributed by atoms with Gasteiger partial charge in [0, 0.05) is 17.5 Å². The Morgan fingerprint density at radius 3 is 2.22 bits per heavy atom. The van der Waals surface area contributed by atoms with Gasteiger partial charge in [-0.1, -0.05) is 51.7 Å². The third kappa shape index (κ3) is 4.25. The molecule has 1 aromatic rings. The lowest BCUT2D eigenvalue weighted by Crippen LogP contribution is -2.57. The molecule has 0 saturated heterocycles. The number of nitrogens with one attached hydrogen (secondary N) is 1. The monoisotopic (exact) mass is 317 g/mol. The van der Waals surface area contributed by atoms with Crippen LogP contribution in [-0.2, 0) is 0 Å². The molecule has 0 saturated carbocycles. The average Bonchev–Trinajstić information content (AvgIpc) is 2.95. The maximum absolute atomic E-state index is 5.77. The molecule has 0 atom stereocenters. The minimum Gasteiger partial charge on any atom is -0.404 e.